The minimum Gasteiger partial charge on any atom is -0.330 e. The lowest BCUT2D eigenvalue weighted by atomic mass is 10.0. The Balaban J connectivity index is 2.38. The molecule has 0 aliphatic rings. The highest BCUT2D eigenvalue weighted by Gasteiger charge is 2.14. The van der Waals surface area contributed by atoms with Gasteiger partial charge in [-0.05, 0) is 50.6 Å². The number of hydrogen-bond acceptors (Lipinski definition) is 3. The van der Waals surface area contributed by atoms with Gasteiger partial charge >= 0.3 is 0 Å². The molecule has 0 aromatic carbocycles. The Morgan fingerprint density at radius 3 is 2.50 bits per heavy atom. The molecule has 0 amide bonds. The van der Waals surface area contributed by atoms with Gasteiger partial charge in [-0.25, -0.2) is 0 Å². The Bertz CT molecular complexity index is 286. The van der Waals surface area contributed by atoms with Gasteiger partial charge in [-0.3, -0.25) is 4.98 Å². The van der Waals surface area contributed by atoms with E-state index >= 15 is 0 Å². The van der Waals surface area contributed by atoms with Crippen molar-refractivity contribution in [1.29, 1.82) is 0 Å². The summed E-state index contributed by atoms with van der Waals surface area (Å²) in [5.41, 5.74) is 7.03. The molecule has 90 valence electrons. The van der Waals surface area contributed by atoms with E-state index in [-0.39, 0.29) is 0 Å². The maximum atomic E-state index is 5.68. The summed E-state index contributed by atoms with van der Waals surface area (Å²) in [5, 5.41) is 0. The Morgan fingerprint density at radius 1 is 1.31 bits per heavy atom. The fourth-order valence-corrected chi connectivity index (χ4v) is 1.69. The van der Waals surface area contributed by atoms with Crippen LogP contribution >= 0.6 is 0 Å². The van der Waals surface area contributed by atoms with E-state index in [0.29, 0.717) is 12.0 Å². The third-order valence-electron chi connectivity index (χ3n) is 3.39. The molecular formula is C13H23N3. The topological polar surface area (TPSA) is 42.1 Å². The molecule has 1 aromatic rings. The van der Waals surface area contributed by atoms with Crippen LogP contribution in [0.15, 0.2) is 24.5 Å². The number of rotatable bonds is 6. The average molecular weight is 221 g/mol. The van der Waals surface area contributed by atoms with E-state index in [0.717, 1.165) is 19.5 Å². The molecule has 1 aromatic heterocycles. The Labute approximate surface area is 98.7 Å². The molecule has 1 rings (SSSR count). The number of hydrogen-bond donors (Lipinski definition) is 1. The molecule has 0 bridgehead atoms. The zero-order chi connectivity index (χ0) is 12.0. The monoisotopic (exact) mass is 221 g/mol. The van der Waals surface area contributed by atoms with Crippen LogP contribution in [-0.4, -0.2) is 36.1 Å². The maximum absolute atomic E-state index is 5.68. The van der Waals surface area contributed by atoms with Gasteiger partial charge in [0, 0.05) is 25.0 Å². The zero-order valence-electron chi connectivity index (χ0n) is 10.6. The van der Waals surface area contributed by atoms with Crippen LogP contribution in [0, 0.1) is 5.92 Å². The van der Waals surface area contributed by atoms with Gasteiger partial charge in [-0.2, -0.15) is 0 Å². The first-order valence-electron chi connectivity index (χ1n) is 5.94. The van der Waals surface area contributed by atoms with Crippen LogP contribution in [0.5, 0.6) is 0 Å². The van der Waals surface area contributed by atoms with Gasteiger partial charge in [0.05, 0.1) is 0 Å². The van der Waals surface area contributed by atoms with Crippen LogP contribution in [0.25, 0.3) is 0 Å². The van der Waals surface area contributed by atoms with Crippen LogP contribution in [-0.2, 0) is 6.42 Å². The fraction of sp³-hybridized carbons (Fsp3) is 0.615. The molecule has 0 saturated carbocycles. The lowest BCUT2D eigenvalue weighted by molar-refractivity contribution is 0.204. The van der Waals surface area contributed by atoms with Crippen molar-refractivity contribution in [2.45, 2.75) is 26.3 Å². The molecule has 0 radical (unpaired) electrons. The lowest BCUT2D eigenvalue weighted by Gasteiger charge is -2.29. The van der Waals surface area contributed by atoms with Crippen LogP contribution in [0.1, 0.15) is 19.4 Å². The molecule has 2 N–H and O–H groups in total. The summed E-state index contributed by atoms with van der Waals surface area (Å²) >= 11 is 0. The minimum atomic E-state index is 0.534. The molecule has 0 aliphatic heterocycles. The molecule has 3 heteroatoms. The molecule has 0 fully saturated rings. The first-order valence-corrected chi connectivity index (χ1v) is 5.94. The summed E-state index contributed by atoms with van der Waals surface area (Å²) in [5.74, 6) is 0.544. The van der Waals surface area contributed by atoms with Gasteiger partial charge in [-0.15, -0.1) is 0 Å². The quantitative estimate of drug-likeness (QED) is 0.792. The summed E-state index contributed by atoms with van der Waals surface area (Å²) < 4.78 is 0. The molecule has 1 heterocycles. The predicted molar refractivity (Wildman–Crippen MR) is 68.3 cm³/mol. The van der Waals surface area contributed by atoms with Gasteiger partial charge in [0.15, 0.2) is 0 Å². The first-order chi connectivity index (χ1) is 7.65. The number of pyridine rings is 1. The van der Waals surface area contributed by atoms with Crippen molar-refractivity contribution in [2.24, 2.45) is 11.7 Å². The van der Waals surface area contributed by atoms with Crippen LogP contribution in [0.4, 0.5) is 0 Å². The van der Waals surface area contributed by atoms with Crippen LogP contribution in [0.3, 0.4) is 0 Å². The molecule has 0 aliphatic carbocycles. The van der Waals surface area contributed by atoms with Crippen molar-refractivity contribution in [2.75, 3.05) is 20.1 Å². The molecule has 2 unspecified atom stereocenters. The van der Waals surface area contributed by atoms with E-state index in [1.54, 1.807) is 0 Å². The summed E-state index contributed by atoms with van der Waals surface area (Å²) in [6.45, 7) is 6.26. The Morgan fingerprint density at radius 2 is 1.94 bits per heavy atom. The second kappa shape index (κ2) is 6.61. The van der Waals surface area contributed by atoms with E-state index in [1.807, 2.05) is 12.4 Å². The van der Waals surface area contributed by atoms with Crippen molar-refractivity contribution < 1.29 is 0 Å². The van der Waals surface area contributed by atoms with Crippen molar-refractivity contribution in [1.82, 2.24) is 9.88 Å². The van der Waals surface area contributed by atoms with Crippen molar-refractivity contribution in [3.05, 3.63) is 30.1 Å². The normalized spacial score (nSPS) is 15.1. The van der Waals surface area contributed by atoms with E-state index in [2.05, 4.69) is 42.9 Å². The van der Waals surface area contributed by atoms with E-state index in [9.17, 15) is 0 Å². The van der Waals surface area contributed by atoms with Crippen molar-refractivity contribution in [3.63, 3.8) is 0 Å². The van der Waals surface area contributed by atoms with Gasteiger partial charge < -0.3 is 10.6 Å². The van der Waals surface area contributed by atoms with E-state index in [4.69, 9.17) is 5.73 Å². The van der Waals surface area contributed by atoms with Gasteiger partial charge in [0.2, 0.25) is 0 Å². The highest BCUT2D eigenvalue weighted by Crippen LogP contribution is 2.08. The first kappa shape index (κ1) is 13.1. The van der Waals surface area contributed by atoms with Crippen molar-refractivity contribution >= 4 is 0 Å². The number of aromatic nitrogens is 1. The third kappa shape index (κ3) is 3.91. The number of likely N-dealkylation sites (N-methyl/N-ethyl adjacent to an activating group) is 1. The highest BCUT2D eigenvalue weighted by molar-refractivity contribution is 5.09. The minimum absolute atomic E-state index is 0.534. The molecule has 3 nitrogen and oxygen atoms in total. The predicted octanol–water partition coefficient (Wildman–Crippen LogP) is 1.54. The van der Waals surface area contributed by atoms with Gasteiger partial charge in [0.25, 0.3) is 0 Å². The third-order valence-corrected chi connectivity index (χ3v) is 3.39. The maximum Gasteiger partial charge on any atom is 0.0270 e. The van der Waals surface area contributed by atoms with Crippen molar-refractivity contribution in [3.8, 4) is 0 Å². The van der Waals surface area contributed by atoms with Gasteiger partial charge in [-0.1, -0.05) is 6.92 Å². The smallest absolute Gasteiger partial charge is 0.0270 e. The summed E-state index contributed by atoms with van der Waals surface area (Å²) in [6.07, 6.45) is 4.77. The fourth-order valence-electron chi connectivity index (χ4n) is 1.69. The SMILES string of the molecule is CC(CN)C(C)N(C)CCc1ccncc1. The van der Waals surface area contributed by atoms with Gasteiger partial charge in [0.1, 0.15) is 0 Å². The average Bonchev–Trinajstić information content (AvgIpc) is 2.35. The molecule has 16 heavy (non-hydrogen) atoms. The number of nitrogens with zero attached hydrogens (tertiary/aromatic N) is 2. The zero-order valence-corrected chi connectivity index (χ0v) is 10.6. The number of nitrogens with two attached hydrogens (primary N) is 1. The second-order valence-corrected chi connectivity index (χ2v) is 4.54. The Kier molecular flexibility index (Phi) is 5.43. The summed E-state index contributed by atoms with van der Waals surface area (Å²) in [7, 11) is 2.16. The standard InChI is InChI=1S/C13H23N3/c1-11(10-14)12(2)16(3)9-6-13-4-7-15-8-5-13/h4-5,7-8,11-12H,6,9-10,14H2,1-3H3. The van der Waals surface area contributed by atoms with E-state index < -0.39 is 0 Å². The van der Waals surface area contributed by atoms with E-state index in [1.165, 1.54) is 5.56 Å². The molecule has 2 atom stereocenters. The highest BCUT2D eigenvalue weighted by atomic mass is 15.1. The largest absolute Gasteiger partial charge is 0.330 e. The molecule has 0 spiro atoms. The summed E-state index contributed by atoms with van der Waals surface area (Å²) in [6, 6.07) is 4.68. The lowest BCUT2D eigenvalue weighted by Crippen LogP contribution is -2.38. The van der Waals surface area contributed by atoms with Crippen LogP contribution in [0.2, 0.25) is 0 Å². The summed E-state index contributed by atoms with van der Waals surface area (Å²) in [4.78, 5) is 6.39. The second-order valence-electron chi connectivity index (χ2n) is 4.54. The molecular weight excluding hydrogens is 198 g/mol. The molecule has 0 saturated heterocycles. The van der Waals surface area contributed by atoms with Crippen LogP contribution < -0.4 is 5.73 Å². The Hall–Kier alpha value is -0.930.